The number of halogens is 7. The molecule has 0 aromatic rings. The smallest absolute Gasteiger partial charge is 0.459 e. The van der Waals surface area contributed by atoms with Gasteiger partial charge in [0, 0.05) is 5.75 Å². The maximum absolute atomic E-state index is 12.5. The Balaban J connectivity index is 4.63. The minimum Gasteiger partial charge on any atom is -0.459 e. The summed E-state index contributed by atoms with van der Waals surface area (Å²) in [4.78, 5) is 10.5. The average molecular weight is 288 g/mol. The van der Waals surface area contributed by atoms with E-state index in [4.69, 9.17) is 0 Å². The van der Waals surface area contributed by atoms with E-state index in [2.05, 4.69) is 17.4 Å². The summed E-state index contributed by atoms with van der Waals surface area (Å²) in [6.07, 6.45) is -6.90. The molecule has 0 spiro atoms. The molecule has 17 heavy (non-hydrogen) atoms. The molecule has 0 fully saturated rings. The van der Waals surface area contributed by atoms with Gasteiger partial charge in [0.15, 0.2) is 6.61 Å². The highest BCUT2D eigenvalue weighted by Crippen LogP contribution is 2.46. The molecule has 0 bridgehead atoms. The van der Waals surface area contributed by atoms with E-state index in [1.54, 1.807) is 0 Å². The molecule has 0 amide bonds. The molecule has 0 aliphatic carbocycles. The molecular weight excluding hydrogens is 281 g/mol. The number of carbonyl (C=O) groups is 1. The van der Waals surface area contributed by atoms with Crippen LogP contribution in [0, 0.1) is 0 Å². The third-order valence-corrected chi connectivity index (χ3v) is 1.77. The van der Waals surface area contributed by atoms with Crippen molar-refractivity contribution in [3.63, 3.8) is 0 Å². The SMILES string of the molecule is O=C(CCS)OCC(F)(F)C(F)(F)C(F)(F)F. The second-order valence-corrected chi connectivity index (χ2v) is 3.36. The normalized spacial score (nSPS) is 13.6. The fraction of sp³-hybridized carbons (Fsp3) is 0.857. The lowest BCUT2D eigenvalue weighted by molar-refractivity contribution is -0.359. The summed E-state index contributed by atoms with van der Waals surface area (Å²) in [6.45, 7) is -2.34. The van der Waals surface area contributed by atoms with Crippen LogP contribution in [0.3, 0.4) is 0 Å². The second-order valence-electron chi connectivity index (χ2n) is 2.91. The number of esters is 1. The average Bonchev–Trinajstić information content (AvgIpc) is 2.13. The molecule has 102 valence electrons. The van der Waals surface area contributed by atoms with Gasteiger partial charge in [-0.1, -0.05) is 0 Å². The molecule has 0 atom stereocenters. The van der Waals surface area contributed by atoms with Crippen molar-refractivity contribution in [1.82, 2.24) is 0 Å². The van der Waals surface area contributed by atoms with E-state index in [0.29, 0.717) is 0 Å². The standard InChI is InChI=1S/C7H7F7O2S/c8-5(9,3-16-4(15)1-2-17)6(10,11)7(12,13)14/h17H,1-3H2. The number of hydrogen-bond acceptors (Lipinski definition) is 3. The summed E-state index contributed by atoms with van der Waals surface area (Å²) in [5.41, 5.74) is 0. The summed E-state index contributed by atoms with van der Waals surface area (Å²) in [7, 11) is 0. The molecule has 0 aliphatic rings. The molecule has 0 unspecified atom stereocenters. The van der Waals surface area contributed by atoms with Gasteiger partial charge in [0.05, 0.1) is 6.42 Å². The third-order valence-electron chi connectivity index (χ3n) is 1.55. The zero-order valence-corrected chi connectivity index (χ0v) is 8.93. The van der Waals surface area contributed by atoms with Crippen LogP contribution in [0.25, 0.3) is 0 Å². The van der Waals surface area contributed by atoms with E-state index >= 15 is 0 Å². The molecule has 0 aliphatic heterocycles. The summed E-state index contributed by atoms with van der Waals surface area (Å²) in [5, 5.41) is 0. The zero-order chi connectivity index (χ0) is 13.9. The molecule has 0 saturated carbocycles. The van der Waals surface area contributed by atoms with E-state index in [-0.39, 0.29) is 5.75 Å². The Morgan fingerprint density at radius 3 is 1.88 bits per heavy atom. The van der Waals surface area contributed by atoms with Gasteiger partial charge in [0.1, 0.15) is 0 Å². The maximum Gasteiger partial charge on any atom is 0.460 e. The molecule has 10 heteroatoms. The number of thiol groups is 1. The Bertz CT molecular complexity index is 276. The van der Waals surface area contributed by atoms with Crippen LogP contribution in [0.2, 0.25) is 0 Å². The lowest BCUT2D eigenvalue weighted by atomic mass is 10.2. The van der Waals surface area contributed by atoms with Crippen LogP contribution in [-0.4, -0.2) is 36.4 Å². The summed E-state index contributed by atoms with van der Waals surface area (Å²) >= 11 is 3.51. The molecule has 0 aromatic heterocycles. The van der Waals surface area contributed by atoms with Crippen LogP contribution >= 0.6 is 12.6 Å². The van der Waals surface area contributed by atoms with Gasteiger partial charge in [-0.25, -0.2) is 0 Å². The van der Waals surface area contributed by atoms with Crippen LogP contribution in [0.15, 0.2) is 0 Å². The van der Waals surface area contributed by atoms with Gasteiger partial charge >= 0.3 is 24.0 Å². The van der Waals surface area contributed by atoms with Gasteiger partial charge in [0.25, 0.3) is 0 Å². The highest BCUT2D eigenvalue weighted by atomic mass is 32.1. The number of alkyl halides is 7. The largest absolute Gasteiger partial charge is 0.460 e. The Kier molecular flexibility index (Phi) is 5.11. The first-order chi connectivity index (χ1) is 7.45. The van der Waals surface area contributed by atoms with Crippen molar-refractivity contribution in [2.75, 3.05) is 12.4 Å². The summed E-state index contributed by atoms with van der Waals surface area (Å²) in [5.74, 6) is -13.2. The highest BCUT2D eigenvalue weighted by Gasteiger charge is 2.73. The van der Waals surface area contributed by atoms with Crippen LogP contribution in [-0.2, 0) is 9.53 Å². The topological polar surface area (TPSA) is 26.3 Å². The molecule has 0 N–H and O–H groups in total. The lowest BCUT2D eigenvalue weighted by Crippen LogP contribution is -2.54. The first-order valence-electron chi connectivity index (χ1n) is 4.04. The Labute approximate surface area is 96.5 Å². The molecule has 2 nitrogen and oxygen atoms in total. The molecule has 0 rings (SSSR count). The van der Waals surface area contributed by atoms with Crippen LogP contribution < -0.4 is 0 Å². The fourth-order valence-corrected chi connectivity index (χ4v) is 0.815. The predicted molar refractivity (Wildman–Crippen MR) is 45.4 cm³/mol. The van der Waals surface area contributed by atoms with Crippen molar-refractivity contribution in [2.24, 2.45) is 0 Å². The Hall–Kier alpha value is -0.670. The minimum atomic E-state index is -6.42. The van der Waals surface area contributed by atoms with Crippen molar-refractivity contribution >= 4 is 18.6 Å². The van der Waals surface area contributed by atoms with Crippen molar-refractivity contribution in [2.45, 2.75) is 24.4 Å². The molecule has 0 aromatic carbocycles. The zero-order valence-electron chi connectivity index (χ0n) is 8.03. The number of hydrogen-bond donors (Lipinski definition) is 1. The first kappa shape index (κ1) is 16.3. The Morgan fingerprint density at radius 1 is 1.06 bits per heavy atom. The molecule has 0 radical (unpaired) electrons. The van der Waals surface area contributed by atoms with Crippen molar-refractivity contribution in [3.8, 4) is 0 Å². The lowest BCUT2D eigenvalue weighted by Gasteiger charge is -2.27. The molecule has 0 saturated heterocycles. The van der Waals surface area contributed by atoms with Crippen molar-refractivity contribution in [1.29, 1.82) is 0 Å². The van der Waals surface area contributed by atoms with Crippen LogP contribution in [0.1, 0.15) is 6.42 Å². The third kappa shape index (κ3) is 3.93. The maximum atomic E-state index is 12.5. The number of ether oxygens (including phenoxy) is 1. The van der Waals surface area contributed by atoms with Crippen LogP contribution in [0.5, 0.6) is 0 Å². The molecular formula is C7H7F7O2S. The first-order valence-corrected chi connectivity index (χ1v) is 4.68. The van der Waals surface area contributed by atoms with Crippen molar-refractivity contribution < 1.29 is 40.3 Å². The van der Waals surface area contributed by atoms with Crippen molar-refractivity contribution in [3.05, 3.63) is 0 Å². The quantitative estimate of drug-likeness (QED) is 0.478. The van der Waals surface area contributed by atoms with E-state index in [9.17, 15) is 35.5 Å². The monoisotopic (exact) mass is 288 g/mol. The fourth-order valence-electron chi connectivity index (χ4n) is 0.633. The second kappa shape index (κ2) is 5.32. The van der Waals surface area contributed by atoms with E-state index < -0.39 is 37.0 Å². The van der Waals surface area contributed by atoms with E-state index in [1.807, 2.05) is 0 Å². The summed E-state index contributed by atoms with van der Waals surface area (Å²) < 4.78 is 88.1. The van der Waals surface area contributed by atoms with E-state index in [1.165, 1.54) is 0 Å². The van der Waals surface area contributed by atoms with Crippen LogP contribution in [0.4, 0.5) is 30.7 Å². The van der Waals surface area contributed by atoms with Gasteiger partial charge in [-0.3, -0.25) is 4.79 Å². The summed E-state index contributed by atoms with van der Waals surface area (Å²) in [6, 6.07) is 0. The van der Waals surface area contributed by atoms with Gasteiger partial charge in [-0.05, 0) is 0 Å². The minimum absolute atomic E-state index is 0.111. The molecule has 0 heterocycles. The number of rotatable bonds is 5. The van der Waals surface area contributed by atoms with Gasteiger partial charge in [-0.15, -0.1) is 0 Å². The number of carbonyl (C=O) groups excluding carboxylic acids is 1. The Morgan fingerprint density at radius 2 is 1.53 bits per heavy atom. The van der Waals surface area contributed by atoms with Gasteiger partial charge < -0.3 is 4.74 Å². The van der Waals surface area contributed by atoms with Gasteiger partial charge in [-0.2, -0.15) is 43.4 Å². The van der Waals surface area contributed by atoms with Gasteiger partial charge in [0.2, 0.25) is 0 Å². The predicted octanol–water partition coefficient (Wildman–Crippen LogP) is 2.68. The highest BCUT2D eigenvalue weighted by molar-refractivity contribution is 7.80. The van der Waals surface area contributed by atoms with E-state index in [0.717, 1.165) is 0 Å².